The normalized spacial score (nSPS) is 14.8. The zero-order valence-corrected chi connectivity index (χ0v) is 17.5. The topological polar surface area (TPSA) is 71.3 Å². The molecule has 0 atom stereocenters. The number of para-hydroxylation sites is 2. The van der Waals surface area contributed by atoms with Gasteiger partial charge in [0.1, 0.15) is 0 Å². The number of carbonyl (C=O) groups excluding carboxylic acids is 1. The van der Waals surface area contributed by atoms with Gasteiger partial charge in [0.2, 0.25) is 5.91 Å². The number of fused-ring (bicyclic) bond motifs is 1. The maximum atomic E-state index is 12.7. The standard InChI is InChI=1S/C20H31N5O2.ClH/c1-2-12-24-17-6-3-4-7-18(17)25(20(24)27)14-8-19(26)22-9-5-13-23-15-10-21-11-16-23;/h3-4,6-7,21H,2,5,8-16H2,1H3,(H,22,26);1H. The van der Waals surface area contributed by atoms with Crippen LogP contribution in [0.5, 0.6) is 0 Å². The number of aryl methyl sites for hydroxylation is 2. The highest BCUT2D eigenvalue weighted by atomic mass is 35.5. The average Bonchev–Trinajstić information content (AvgIpc) is 2.96. The summed E-state index contributed by atoms with van der Waals surface area (Å²) < 4.78 is 3.53. The molecule has 8 heteroatoms. The number of nitrogens with one attached hydrogen (secondary N) is 2. The summed E-state index contributed by atoms with van der Waals surface area (Å²) >= 11 is 0. The van der Waals surface area contributed by atoms with Crippen molar-refractivity contribution in [3.63, 3.8) is 0 Å². The third-order valence-corrected chi connectivity index (χ3v) is 5.12. The smallest absolute Gasteiger partial charge is 0.329 e. The Kier molecular flexibility index (Phi) is 9.02. The molecule has 0 bridgehead atoms. The second-order valence-corrected chi connectivity index (χ2v) is 7.12. The molecule has 28 heavy (non-hydrogen) atoms. The van der Waals surface area contributed by atoms with Crippen molar-refractivity contribution in [2.75, 3.05) is 39.3 Å². The zero-order valence-electron chi connectivity index (χ0n) is 16.7. The molecule has 2 aromatic rings. The molecule has 7 nitrogen and oxygen atoms in total. The molecule has 0 saturated carbocycles. The van der Waals surface area contributed by atoms with Gasteiger partial charge in [-0.15, -0.1) is 12.4 Å². The van der Waals surface area contributed by atoms with Crippen molar-refractivity contribution in [1.82, 2.24) is 24.7 Å². The second-order valence-electron chi connectivity index (χ2n) is 7.12. The van der Waals surface area contributed by atoms with E-state index < -0.39 is 0 Å². The lowest BCUT2D eigenvalue weighted by Crippen LogP contribution is -2.44. The minimum Gasteiger partial charge on any atom is -0.356 e. The Morgan fingerprint density at radius 3 is 2.36 bits per heavy atom. The summed E-state index contributed by atoms with van der Waals surface area (Å²) in [6.07, 6.45) is 2.19. The van der Waals surface area contributed by atoms with E-state index in [0.717, 1.165) is 56.6 Å². The molecule has 2 heterocycles. The Morgan fingerprint density at radius 2 is 1.71 bits per heavy atom. The molecule has 0 spiro atoms. The largest absolute Gasteiger partial charge is 0.356 e. The van der Waals surface area contributed by atoms with E-state index in [4.69, 9.17) is 0 Å². The molecule has 3 rings (SSSR count). The fraction of sp³-hybridized carbons (Fsp3) is 0.600. The van der Waals surface area contributed by atoms with Crippen LogP contribution in [0.4, 0.5) is 0 Å². The van der Waals surface area contributed by atoms with Gasteiger partial charge in [-0.2, -0.15) is 0 Å². The number of halogens is 1. The first-order chi connectivity index (χ1) is 13.2. The van der Waals surface area contributed by atoms with Gasteiger partial charge in [0.25, 0.3) is 0 Å². The number of benzene rings is 1. The van der Waals surface area contributed by atoms with Crippen molar-refractivity contribution in [2.45, 2.75) is 39.3 Å². The molecule has 1 aromatic carbocycles. The lowest BCUT2D eigenvalue weighted by molar-refractivity contribution is -0.121. The van der Waals surface area contributed by atoms with Crippen LogP contribution in [0, 0.1) is 0 Å². The highest BCUT2D eigenvalue weighted by Crippen LogP contribution is 2.13. The molecule has 1 amide bonds. The molecule has 2 N–H and O–H groups in total. The summed E-state index contributed by atoms with van der Waals surface area (Å²) in [5.74, 6) is 0.00883. The Labute approximate surface area is 172 Å². The average molecular weight is 410 g/mol. The summed E-state index contributed by atoms with van der Waals surface area (Å²) in [6.45, 7) is 9.15. The predicted octanol–water partition coefficient (Wildman–Crippen LogP) is 1.44. The van der Waals surface area contributed by atoms with Gasteiger partial charge in [-0.3, -0.25) is 13.9 Å². The number of amides is 1. The number of piperazine rings is 1. The molecule has 1 saturated heterocycles. The van der Waals surface area contributed by atoms with Crippen LogP contribution < -0.4 is 16.3 Å². The van der Waals surface area contributed by atoms with E-state index >= 15 is 0 Å². The van der Waals surface area contributed by atoms with Crippen molar-refractivity contribution >= 4 is 29.3 Å². The number of nitrogens with zero attached hydrogens (tertiary/aromatic N) is 3. The van der Waals surface area contributed by atoms with Crippen molar-refractivity contribution in [2.24, 2.45) is 0 Å². The maximum absolute atomic E-state index is 12.7. The minimum atomic E-state index is -0.0236. The van der Waals surface area contributed by atoms with Gasteiger partial charge < -0.3 is 15.5 Å². The van der Waals surface area contributed by atoms with Crippen LogP contribution >= 0.6 is 12.4 Å². The first-order valence-corrected chi connectivity index (χ1v) is 10.1. The number of rotatable bonds is 9. The van der Waals surface area contributed by atoms with Crippen molar-refractivity contribution in [3.8, 4) is 0 Å². The lowest BCUT2D eigenvalue weighted by Gasteiger charge is -2.27. The predicted molar refractivity (Wildman–Crippen MR) is 115 cm³/mol. The van der Waals surface area contributed by atoms with Crippen LogP contribution in [0.3, 0.4) is 0 Å². The van der Waals surface area contributed by atoms with Gasteiger partial charge in [0.15, 0.2) is 0 Å². The fourth-order valence-electron chi connectivity index (χ4n) is 3.70. The molecule has 1 fully saturated rings. The Morgan fingerprint density at radius 1 is 1.07 bits per heavy atom. The van der Waals surface area contributed by atoms with E-state index in [9.17, 15) is 9.59 Å². The molecule has 0 unspecified atom stereocenters. The quantitative estimate of drug-likeness (QED) is 0.615. The molecule has 1 aromatic heterocycles. The van der Waals surface area contributed by atoms with Crippen molar-refractivity contribution in [1.29, 1.82) is 0 Å². The maximum Gasteiger partial charge on any atom is 0.329 e. The summed E-state index contributed by atoms with van der Waals surface area (Å²) in [5.41, 5.74) is 1.83. The number of imidazole rings is 1. The van der Waals surface area contributed by atoms with E-state index in [1.807, 2.05) is 24.3 Å². The Balaban J connectivity index is 0.00000280. The Hall–Kier alpha value is -1.83. The van der Waals surface area contributed by atoms with Crippen LogP contribution in [0.25, 0.3) is 11.0 Å². The van der Waals surface area contributed by atoms with Gasteiger partial charge in [-0.25, -0.2) is 4.79 Å². The molecule has 156 valence electrons. The van der Waals surface area contributed by atoms with Crippen LogP contribution in [0.1, 0.15) is 26.2 Å². The molecule has 1 aliphatic heterocycles. The molecule has 0 aliphatic carbocycles. The van der Waals surface area contributed by atoms with E-state index in [-0.39, 0.29) is 24.0 Å². The molecular formula is C20H32ClN5O2. The van der Waals surface area contributed by atoms with Crippen molar-refractivity contribution in [3.05, 3.63) is 34.7 Å². The van der Waals surface area contributed by atoms with Crippen LogP contribution in [-0.4, -0.2) is 59.2 Å². The van der Waals surface area contributed by atoms with Gasteiger partial charge in [0, 0.05) is 52.2 Å². The van der Waals surface area contributed by atoms with E-state index in [1.165, 1.54) is 0 Å². The number of aromatic nitrogens is 2. The van der Waals surface area contributed by atoms with Gasteiger partial charge >= 0.3 is 5.69 Å². The first kappa shape index (κ1) is 22.5. The van der Waals surface area contributed by atoms with Gasteiger partial charge in [-0.05, 0) is 31.5 Å². The number of hydrogen-bond donors (Lipinski definition) is 2. The fourth-order valence-corrected chi connectivity index (χ4v) is 3.70. The highest BCUT2D eigenvalue weighted by molar-refractivity contribution is 5.85. The van der Waals surface area contributed by atoms with Gasteiger partial charge in [0.05, 0.1) is 11.0 Å². The monoisotopic (exact) mass is 409 g/mol. The van der Waals surface area contributed by atoms with E-state index in [1.54, 1.807) is 9.13 Å². The number of carbonyl (C=O) groups is 1. The van der Waals surface area contributed by atoms with Gasteiger partial charge in [-0.1, -0.05) is 19.1 Å². The third kappa shape index (κ3) is 5.59. The minimum absolute atomic E-state index is 0. The SMILES string of the molecule is CCCn1c(=O)n(CCC(=O)NCCCN2CCNCC2)c2ccccc21.Cl. The highest BCUT2D eigenvalue weighted by Gasteiger charge is 2.13. The number of hydrogen-bond acceptors (Lipinski definition) is 4. The molecule has 1 aliphatic rings. The van der Waals surface area contributed by atoms with Crippen molar-refractivity contribution < 1.29 is 4.79 Å². The van der Waals surface area contributed by atoms with Crippen LogP contribution in [0.2, 0.25) is 0 Å². The molecule has 0 radical (unpaired) electrons. The summed E-state index contributed by atoms with van der Waals surface area (Å²) in [7, 11) is 0. The summed E-state index contributed by atoms with van der Waals surface area (Å²) in [6, 6.07) is 7.81. The zero-order chi connectivity index (χ0) is 19.1. The van der Waals surface area contributed by atoms with Crippen LogP contribution in [-0.2, 0) is 17.9 Å². The lowest BCUT2D eigenvalue weighted by atomic mass is 10.3. The third-order valence-electron chi connectivity index (χ3n) is 5.12. The van der Waals surface area contributed by atoms with E-state index in [0.29, 0.717) is 26.1 Å². The van der Waals surface area contributed by atoms with E-state index in [2.05, 4.69) is 22.5 Å². The van der Waals surface area contributed by atoms with Crippen LogP contribution in [0.15, 0.2) is 29.1 Å². The Bertz CT molecular complexity index is 811. The summed E-state index contributed by atoms with van der Waals surface area (Å²) in [4.78, 5) is 27.3. The first-order valence-electron chi connectivity index (χ1n) is 10.1. The second kappa shape index (κ2) is 11.2. The summed E-state index contributed by atoms with van der Waals surface area (Å²) in [5, 5.41) is 6.33. The molecular weight excluding hydrogens is 378 g/mol.